The lowest BCUT2D eigenvalue weighted by atomic mass is 9.86. The zero-order valence-electron chi connectivity index (χ0n) is 31.7. The Labute approximate surface area is 313 Å². The molecule has 0 bridgehead atoms. The maximum atomic E-state index is 12.6. The summed E-state index contributed by atoms with van der Waals surface area (Å²) in [6.45, 7) is 15.4. The van der Waals surface area contributed by atoms with Gasteiger partial charge in [-0.1, -0.05) is 67.6 Å². The van der Waals surface area contributed by atoms with E-state index >= 15 is 0 Å². The summed E-state index contributed by atoms with van der Waals surface area (Å²) < 4.78 is 20.0. The molecule has 0 N–H and O–H groups in total. The summed E-state index contributed by atoms with van der Waals surface area (Å²) in [5.74, 6) is 2.01. The lowest BCUT2D eigenvalue weighted by Crippen LogP contribution is -2.51. The zero-order chi connectivity index (χ0) is 37.0. The Balaban J connectivity index is 1.02. The van der Waals surface area contributed by atoms with Gasteiger partial charge in [0, 0.05) is 70.0 Å². The van der Waals surface area contributed by atoms with E-state index in [4.69, 9.17) is 24.3 Å². The topological polar surface area (TPSA) is 85.2 Å². The summed E-state index contributed by atoms with van der Waals surface area (Å²) in [5.41, 5.74) is 5.58. The predicted octanol–water partition coefficient (Wildman–Crippen LogP) is 7.81. The maximum Gasteiger partial charge on any atom is 0.410 e. The van der Waals surface area contributed by atoms with Crippen LogP contribution in [0.4, 0.5) is 10.5 Å². The molecule has 0 saturated carbocycles. The van der Waals surface area contributed by atoms with Gasteiger partial charge in [0.25, 0.3) is 0 Å². The van der Waals surface area contributed by atoms with Crippen LogP contribution < -0.4 is 14.4 Å². The minimum Gasteiger partial charge on any atom is -0.473 e. The van der Waals surface area contributed by atoms with E-state index in [0.717, 1.165) is 85.5 Å². The van der Waals surface area contributed by atoms with Crippen molar-refractivity contribution in [3.8, 4) is 23.0 Å². The van der Waals surface area contributed by atoms with E-state index in [0.29, 0.717) is 36.8 Å². The smallest absolute Gasteiger partial charge is 0.410 e. The molecule has 2 aliphatic heterocycles. The molecule has 53 heavy (non-hydrogen) atoms. The summed E-state index contributed by atoms with van der Waals surface area (Å²) in [6, 6.07) is 30.7. The number of likely N-dealkylation sites (tertiary alicyclic amines) is 1. The number of fused-ring (bicyclic) bond motifs is 1. The molecule has 5 aromatic rings. The van der Waals surface area contributed by atoms with E-state index in [1.54, 1.807) is 0 Å². The molecule has 0 aliphatic carbocycles. The van der Waals surface area contributed by atoms with Crippen LogP contribution in [0.1, 0.15) is 45.2 Å². The molecule has 0 spiro atoms. The molecule has 4 heterocycles. The van der Waals surface area contributed by atoms with E-state index in [2.05, 4.69) is 34.9 Å². The van der Waals surface area contributed by atoms with Gasteiger partial charge in [0.15, 0.2) is 0 Å². The molecule has 278 valence electrons. The van der Waals surface area contributed by atoms with Gasteiger partial charge in [-0.25, -0.2) is 4.79 Å². The summed E-state index contributed by atoms with van der Waals surface area (Å²) in [7, 11) is 2.00. The lowest BCUT2D eigenvalue weighted by Gasteiger charge is -2.42. The minimum atomic E-state index is -0.468. The second-order valence-electron chi connectivity index (χ2n) is 15.5. The van der Waals surface area contributed by atoms with Crippen LogP contribution in [0, 0.1) is 11.8 Å². The third kappa shape index (κ3) is 8.93. The number of piperidine rings is 1. The van der Waals surface area contributed by atoms with Crippen molar-refractivity contribution in [2.45, 2.75) is 52.9 Å². The number of carbonyl (C=O) groups is 1. The van der Waals surface area contributed by atoms with E-state index in [1.807, 2.05) is 110 Å². The highest BCUT2D eigenvalue weighted by molar-refractivity contribution is 5.96. The van der Waals surface area contributed by atoms with Crippen LogP contribution in [0.15, 0.2) is 91.0 Å². The number of carbonyl (C=O) groups excluding carboxylic acids is 1. The first-order chi connectivity index (χ1) is 25.6. The van der Waals surface area contributed by atoms with Crippen LogP contribution in [-0.2, 0) is 25.0 Å². The number of amides is 1. The van der Waals surface area contributed by atoms with Gasteiger partial charge in [-0.3, -0.25) is 9.58 Å². The third-order valence-electron chi connectivity index (χ3n) is 10.3. The van der Waals surface area contributed by atoms with Crippen molar-refractivity contribution in [3.05, 3.63) is 102 Å². The van der Waals surface area contributed by atoms with Crippen molar-refractivity contribution in [3.63, 3.8) is 0 Å². The Hall–Kier alpha value is -5.09. The van der Waals surface area contributed by atoms with Crippen molar-refractivity contribution in [1.82, 2.24) is 24.6 Å². The van der Waals surface area contributed by atoms with Crippen molar-refractivity contribution < 1.29 is 19.0 Å². The molecule has 0 radical (unpaired) electrons. The van der Waals surface area contributed by atoms with Crippen LogP contribution in [0.2, 0.25) is 0 Å². The van der Waals surface area contributed by atoms with Crippen LogP contribution in [0.25, 0.3) is 22.2 Å². The fourth-order valence-electron chi connectivity index (χ4n) is 7.37. The number of hydrogen-bond acceptors (Lipinski definition) is 8. The summed E-state index contributed by atoms with van der Waals surface area (Å²) in [4.78, 5) is 24.4. The first kappa shape index (κ1) is 36.3. The maximum absolute atomic E-state index is 12.6. The quantitative estimate of drug-likeness (QED) is 0.145. The second-order valence-corrected chi connectivity index (χ2v) is 15.5. The summed E-state index contributed by atoms with van der Waals surface area (Å²) in [5, 5.41) is 6.05. The van der Waals surface area contributed by atoms with E-state index < -0.39 is 5.60 Å². The average Bonchev–Trinajstić information content (AvgIpc) is 3.49. The molecule has 2 aromatic heterocycles. The molecule has 7 rings (SSSR count). The zero-order valence-corrected chi connectivity index (χ0v) is 31.7. The van der Waals surface area contributed by atoms with Gasteiger partial charge in [-0.15, -0.1) is 0 Å². The van der Waals surface area contributed by atoms with Crippen molar-refractivity contribution in [2.24, 2.45) is 18.9 Å². The molecular formula is C43H52N6O4. The average molecular weight is 717 g/mol. The lowest BCUT2D eigenvalue weighted by molar-refractivity contribution is 0.00880. The van der Waals surface area contributed by atoms with Gasteiger partial charge in [-0.05, 0) is 74.4 Å². The van der Waals surface area contributed by atoms with Crippen molar-refractivity contribution >= 4 is 22.7 Å². The highest BCUT2D eigenvalue weighted by Gasteiger charge is 2.33. The van der Waals surface area contributed by atoms with Crippen molar-refractivity contribution in [1.29, 1.82) is 0 Å². The Morgan fingerprint density at radius 1 is 0.830 bits per heavy atom. The first-order valence-electron chi connectivity index (χ1n) is 18.9. The number of rotatable bonds is 10. The molecule has 2 aliphatic rings. The number of piperazine rings is 1. The number of anilines is 1. The molecule has 1 amide bonds. The number of nitrogens with zero attached hydrogens (tertiary/aromatic N) is 6. The minimum absolute atomic E-state index is 0.190. The predicted molar refractivity (Wildman–Crippen MR) is 209 cm³/mol. The number of hydrogen-bond donors (Lipinski definition) is 0. The Kier molecular flexibility index (Phi) is 10.9. The van der Waals surface area contributed by atoms with E-state index in [9.17, 15) is 4.79 Å². The number of benzene rings is 3. The normalized spacial score (nSPS) is 18.3. The van der Waals surface area contributed by atoms with E-state index in [1.165, 1.54) is 5.69 Å². The second kappa shape index (κ2) is 15.9. The molecule has 2 saturated heterocycles. The largest absolute Gasteiger partial charge is 0.473 e. The van der Waals surface area contributed by atoms with Crippen LogP contribution in [0.5, 0.6) is 11.8 Å². The molecule has 2 atom stereocenters. The van der Waals surface area contributed by atoms with Gasteiger partial charge in [0.1, 0.15) is 24.5 Å². The van der Waals surface area contributed by atoms with Gasteiger partial charge < -0.3 is 24.0 Å². The number of pyridine rings is 1. The standard InChI is InChI=1S/C43H52N6O4/c1-31-27-49(42(50)53-43(2,3)4)21-20-34(31)28-47-22-24-48(25-23-47)35-16-17-36-38(26-35)46(5)45-40(36)37-18-19-39(51-29-32-12-8-6-9-13-32)44-41(37)52-30-33-14-10-7-11-15-33/h6-19,26,31,34H,20-25,27-30H2,1-5H3/t31-,34-/m0/s1. The molecule has 3 aromatic carbocycles. The molecule has 2 fully saturated rings. The van der Waals surface area contributed by atoms with Gasteiger partial charge in [0.2, 0.25) is 11.8 Å². The van der Waals surface area contributed by atoms with Crippen LogP contribution in [0.3, 0.4) is 0 Å². The van der Waals surface area contributed by atoms with Crippen molar-refractivity contribution in [2.75, 3.05) is 50.7 Å². The Morgan fingerprint density at radius 3 is 2.17 bits per heavy atom. The number of aromatic nitrogens is 3. The molecule has 10 heteroatoms. The molecule has 10 nitrogen and oxygen atoms in total. The van der Waals surface area contributed by atoms with Gasteiger partial charge in [-0.2, -0.15) is 10.1 Å². The summed E-state index contributed by atoms with van der Waals surface area (Å²) in [6.07, 6.45) is 0.822. The monoisotopic (exact) mass is 716 g/mol. The van der Waals surface area contributed by atoms with Gasteiger partial charge in [0.05, 0.1) is 11.1 Å². The molecule has 0 unspecified atom stereocenters. The SMILES string of the molecule is C[C@H]1CN(C(=O)OC(C)(C)C)CC[C@H]1CN1CCN(c2ccc3c(-c4ccc(OCc5ccccc5)nc4OCc4ccccc4)nn(C)c3c2)CC1. The summed E-state index contributed by atoms with van der Waals surface area (Å²) >= 11 is 0. The number of aryl methyl sites for hydroxylation is 1. The van der Waals surface area contributed by atoms with Crippen LogP contribution in [-0.4, -0.2) is 82.1 Å². The highest BCUT2D eigenvalue weighted by atomic mass is 16.6. The highest BCUT2D eigenvalue weighted by Crippen LogP contribution is 2.37. The van der Waals surface area contributed by atoms with Gasteiger partial charge >= 0.3 is 6.09 Å². The first-order valence-corrected chi connectivity index (χ1v) is 18.9. The fourth-order valence-corrected chi connectivity index (χ4v) is 7.37. The number of ether oxygens (including phenoxy) is 3. The fraction of sp³-hybridized carbons (Fsp3) is 0.419. The third-order valence-corrected chi connectivity index (χ3v) is 10.3. The Morgan fingerprint density at radius 2 is 1.51 bits per heavy atom. The Bertz CT molecular complexity index is 1990. The van der Waals surface area contributed by atoms with E-state index in [-0.39, 0.29) is 6.09 Å². The molecular weight excluding hydrogens is 665 g/mol. The van der Waals surface area contributed by atoms with Crippen LogP contribution >= 0.6 is 0 Å².